The van der Waals surface area contributed by atoms with Crippen LogP contribution >= 0.6 is 27.3 Å². The molecule has 0 radical (unpaired) electrons. The van der Waals surface area contributed by atoms with Crippen LogP contribution in [0.25, 0.3) is 0 Å². The molecule has 13 heavy (non-hydrogen) atoms. The normalized spacial score (nSPS) is 12.8. The van der Waals surface area contributed by atoms with E-state index in [9.17, 15) is 0 Å². The molecule has 0 saturated heterocycles. The van der Waals surface area contributed by atoms with E-state index >= 15 is 0 Å². The lowest BCUT2D eigenvalue weighted by Crippen LogP contribution is -2.27. The molecular weight excluding hydrogens is 248 g/mol. The highest BCUT2D eigenvalue weighted by atomic mass is 79.9. The third-order valence-electron chi connectivity index (χ3n) is 1.71. The molecule has 1 unspecified atom stereocenters. The number of halogens is 1. The molecule has 1 atom stereocenters. The molecule has 2 nitrogen and oxygen atoms in total. The highest BCUT2D eigenvalue weighted by molar-refractivity contribution is 9.10. The minimum atomic E-state index is 0.229. The van der Waals surface area contributed by atoms with Crippen molar-refractivity contribution in [2.45, 2.75) is 6.04 Å². The molecule has 0 aliphatic rings. The first-order valence-electron chi connectivity index (χ1n) is 4.06. The van der Waals surface area contributed by atoms with Gasteiger partial charge < -0.3 is 11.1 Å². The van der Waals surface area contributed by atoms with Crippen LogP contribution in [0.3, 0.4) is 0 Å². The molecule has 0 fully saturated rings. The first kappa shape index (κ1) is 10.9. The predicted octanol–water partition coefficient (Wildman–Crippen LogP) is 2.29. The molecule has 0 aromatic carbocycles. The SMILES string of the molecule is C=CCNC(CN)c1sccc1Br. The standard InChI is InChI=1S/C9H13BrN2S/c1-2-4-12-8(6-11)9-7(10)3-5-13-9/h2-3,5,8,12H,1,4,6,11H2. The molecule has 1 rings (SSSR count). The predicted molar refractivity (Wildman–Crippen MR) is 62.0 cm³/mol. The van der Waals surface area contributed by atoms with Crippen molar-refractivity contribution in [1.29, 1.82) is 0 Å². The molecule has 0 aliphatic carbocycles. The lowest BCUT2D eigenvalue weighted by atomic mass is 10.2. The second-order valence-corrected chi connectivity index (χ2v) is 4.42. The maximum absolute atomic E-state index is 5.66. The fraction of sp³-hybridized carbons (Fsp3) is 0.333. The number of hydrogen-bond donors (Lipinski definition) is 2. The van der Waals surface area contributed by atoms with E-state index in [1.54, 1.807) is 11.3 Å². The molecule has 0 bridgehead atoms. The van der Waals surface area contributed by atoms with Crippen molar-refractivity contribution >= 4 is 27.3 Å². The average Bonchev–Trinajstić information content (AvgIpc) is 2.54. The molecule has 1 aromatic heterocycles. The van der Waals surface area contributed by atoms with E-state index < -0.39 is 0 Å². The van der Waals surface area contributed by atoms with Gasteiger partial charge in [-0.1, -0.05) is 6.08 Å². The second kappa shape index (κ2) is 5.54. The first-order valence-corrected chi connectivity index (χ1v) is 5.74. The maximum Gasteiger partial charge on any atom is 0.0553 e. The Morgan fingerprint density at radius 1 is 1.77 bits per heavy atom. The molecular formula is C9H13BrN2S. The maximum atomic E-state index is 5.66. The smallest absolute Gasteiger partial charge is 0.0553 e. The van der Waals surface area contributed by atoms with Gasteiger partial charge in [-0.3, -0.25) is 0 Å². The molecule has 0 amide bonds. The van der Waals surface area contributed by atoms with E-state index in [0.29, 0.717) is 6.54 Å². The fourth-order valence-electron chi connectivity index (χ4n) is 1.06. The highest BCUT2D eigenvalue weighted by Gasteiger charge is 2.12. The summed E-state index contributed by atoms with van der Waals surface area (Å²) in [4.78, 5) is 1.25. The highest BCUT2D eigenvalue weighted by Crippen LogP contribution is 2.28. The van der Waals surface area contributed by atoms with Crippen LogP contribution in [0.1, 0.15) is 10.9 Å². The summed E-state index contributed by atoms with van der Waals surface area (Å²) >= 11 is 5.20. The molecule has 0 aliphatic heterocycles. The summed E-state index contributed by atoms with van der Waals surface area (Å²) in [6, 6.07) is 2.27. The Balaban J connectivity index is 2.66. The molecule has 1 aromatic rings. The van der Waals surface area contributed by atoms with Gasteiger partial charge in [0, 0.05) is 22.4 Å². The number of rotatable bonds is 5. The fourth-order valence-corrected chi connectivity index (χ4v) is 2.80. The first-order chi connectivity index (χ1) is 6.29. The molecule has 0 spiro atoms. The largest absolute Gasteiger partial charge is 0.329 e. The van der Waals surface area contributed by atoms with E-state index in [1.807, 2.05) is 12.1 Å². The molecule has 4 heteroatoms. The zero-order valence-electron chi connectivity index (χ0n) is 7.29. The third-order valence-corrected chi connectivity index (χ3v) is 3.69. The Bertz CT molecular complexity index is 272. The summed E-state index contributed by atoms with van der Waals surface area (Å²) in [5.41, 5.74) is 5.66. The van der Waals surface area contributed by atoms with Gasteiger partial charge in [-0.05, 0) is 27.4 Å². The average molecular weight is 261 g/mol. The quantitative estimate of drug-likeness (QED) is 0.798. The van der Waals surface area contributed by atoms with Gasteiger partial charge in [0.05, 0.1) is 6.04 Å². The third kappa shape index (κ3) is 2.91. The Hall–Kier alpha value is -0.160. The summed E-state index contributed by atoms with van der Waals surface area (Å²) in [6.07, 6.45) is 1.84. The van der Waals surface area contributed by atoms with Crippen molar-refractivity contribution < 1.29 is 0 Å². The number of nitrogens with one attached hydrogen (secondary N) is 1. The Kier molecular flexibility index (Phi) is 4.66. The van der Waals surface area contributed by atoms with Crippen molar-refractivity contribution in [3.63, 3.8) is 0 Å². The van der Waals surface area contributed by atoms with Crippen LogP contribution < -0.4 is 11.1 Å². The Morgan fingerprint density at radius 3 is 3.00 bits per heavy atom. The van der Waals surface area contributed by atoms with E-state index in [2.05, 4.69) is 33.2 Å². The number of hydrogen-bond acceptors (Lipinski definition) is 3. The van der Waals surface area contributed by atoms with Crippen molar-refractivity contribution in [1.82, 2.24) is 5.32 Å². The second-order valence-electron chi connectivity index (χ2n) is 2.62. The van der Waals surface area contributed by atoms with Crippen LogP contribution in [0.5, 0.6) is 0 Å². The van der Waals surface area contributed by atoms with Crippen LogP contribution in [0.4, 0.5) is 0 Å². The van der Waals surface area contributed by atoms with Crippen LogP contribution in [0, 0.1) is 0 Å². The molecule has 72 valence electrons. The van der Waals surface area contributed by atoms with Gasteiger partial charge in [0.1, 0.15) is 0 Å². The van der Waals surface area contributed by atoms with Gasteiger partial charge in [-0.25, -0.2) is 0 Å². The van der Waals surface area contributed by atoms with Crippen molar-refractivity contribution in [3.05, 3.63) is 33.5 Å². The Labute approximate surface area is 91.0 Å². The van der Waals surface area contributed by atoms with E-state index in [-0.39, 0.29) is 6.04 Å². The van der Waals surface area contributed by atoms with Crippen molar-refractivity contribution in [3.8, 4) is 0 Å². The molecule has 1 heterocycles. The van der Waals surface area contributed by atoms with Gasteiger partial charge in [0.25, 0.3) is 0 Å². The van der Waals surface area contributed by atoms with E-state index in [4.69, 9.17) is 5.73 Å². The van der Waals surface area contributed by atoms with Gasteiger partial charge in [0.2, 0.25) is 0 Å². The minimum Gasteiger partial charge on any atom is -0.329 e. The van der Waals surface area contributed by atoms with Crippen LogP contribution in [0.2, 0.25) is 0 Å². The zero-order valence-corrected chi connectivity index (χ0v) is 9.70. The Morgan fingerprint density at radius 2 is 2.54 bits per heavy atom. The lowest BCUT2D eigenvalue weighted by molar-refractivity contribution is 0.585. The number of nitrogens with two attached hydrogens (primary N) is 1. The summed E-state index contributed by atoms with van der Waals surface area (Å²) in [5.74, 6) is 0. The summed E-state index contributed by atoms with van der Waals surface area (Å²) in [5, 5.41) is 5.35. The lowest BCUT2D eigenvalue weighted by Gasteiger charge is -2.14. The summed E-state index contributed by atoms with van der Waals surface area (Å²) in [7, 11) is 0. The van der Waals surface area contributed by atoms with E-state index in [0.717, 1.165) is 11.0 Å². The van der Waals surface area contributed by atoms with Gasteiger partial charge in [-0.15, -0.1) is 17.9 Å². The van der Waals surface area contributed by atoms with Crippen molar-refractivity contribution in [2.75, 3.05) is 13.1 Å². The summed E-state index contributed by atoms with van der Waals surface area (Å²) < 4.78 is 1.13. The van der Waals surface area contributed by atoms with Crippen LogP contribution in [-0.2, 0) is 0 Å². The van der Waals surface area contributed by atoms with Gasteiger partial charge in [-0.2, -0.15) is 0 Å². The van der Waals surface area contributed by atoms with Gasteiger partial charge >= 0.3 is 0 Å². The topological polar surface area (TPSA) is 38.0 Å². The van der Waals surface area contributed by atoms with Crippen LogP contribution in [-0.4, -0.2) is 13.1 Å². The number of thiophene rings is 1. The monoisotopic (exact) mass is 260 g/mol. The zero-order chi connectivity index (χ0) is 9.68. The molecule has 3 N–H and O–H groups in total. The van der Waals surface area contributed by atoms with Gasteiger partial charge in [0.15, 0.2) is 0 Å². The molecule has 0 saturated carbocycles. The summed E-state index contributed by atoms with van der Waals surface area (Å²) in [6.45, 7) is 5.05. The van der Waals surface area contributed by atoms with Crippen molar-refractivity contribution in [2.24, 2.45) is 5.73 Å². The van der Waals surface area contributed by atoms with Crippen LogP contribution in [0.15, 0.2) is 28.6 Å². The van der Waals surface area contributed by atoms with E-state index in [1.165, 1.54) is 4.88 Å². The minimum absolute atomic E-state index is 0.229.